The van der Waals surface area contributed by atoms with Gasteiger partial charge in [0.25, 0.3) is 11.6 Å². The summed E-state index contributed by atoms with van der Waals surface area (Å²) in [7, 11) is 0. The lowest BCUT2D eigenvalue weighted by atomic mass is 10.1. The molecule has 1 saturated carbocycles. The van der Waals surface area contributed by atoms with Gasteiger partial charge in [0.2, 0.25) is 0 Å². The van der Waals surface area contributed by atoms with Crippen molar-refractivity contribution in [2.75, 3.05) is 10.6 Å². The zero-order chi connectivity index (χ0) is 19.4. The number of nitrogens with zero attached hydrogens (tertiary/aromatic N) is 1. The highest BCUT2D eigenvalue weighted by atomic mass is 16.6. The number of aliphatic carboxylic acids is 1. The number of anilines is 2. The van der Waals surface area contributed by atoms with E-state index in [1.807, 2.05) is 0 Å². The molecule has 0 heterocycles. The number of hydrogen-bond acceptors (Lipinski definition) is 5. The number of rotatable bonds is 8. The van der Waals surface area contributed by atoms with Crippen LogP contribution in [0.4, 0.5) is 17.1 Å². The number of carbonyl (C=O) groups is 2. The number of aryl methyl sites for hydroxylation is 1. The number of benzene rings is 2. The van der Waals surface area contributed by atoms with E-state index >= 15 is 0 Å². The summed E-state index contributed by atoms with van der Waals surface area (Å²) in [5.74, 6) is -1.32. The number of nitro groups is 1. The van der Waals surface area contributed by atoms with Crippen molar-refractivity contribution < 1.29 is 19.6 Å². The normalized spacial score (nSPS) is 13.0. The van der Waals surface area contributed by atoms with Crippen molar-refractivity contribution in [1.82, 2.24) is 0 Å². The Morgan fingerprint density at radius 2 is 1.85 bits per heavy atom. The van der Waals surface area contributed by atoms with Crippen LogP contribution in [0.2, 0.25) is 0 Å². The zero-order valence-electron chi connectivity index (χ0n) is 14.5. The topological polar surface area (TPSA) is 122 Å². The fourth-order valence-corrected chi connectivity index (χ4v) is 2.60. The number of carbonyl (C=O) groups excluding carboxylic acids is 1. The minimum Gasteiger partial charge on any atom is -0.481 e. The van der Waals surface area contributed by atoms with Gasteiger partial charge in [-0.1, -0.05) is 12.1 Å². The van der Waals surface area contributed by atoms with Crippen LogP contribution in [0.5, 0.6) is 0 Å². The van der Waals surface area contributed by atoms with Gasteiger partial charge >= 0.3 is 5.97 Å². The number of carboxylic acid groups (broad SMARTS) is 1. The average Bonchev–Trinajstić information content (AvgIpc) is 3.45. The van der Waals surface area contributed by atoms with Gasteiger partial charge in [-0.3, -0.25) is 19.7 Å². The van der Waals surface area contributed by atoms with E-state index in [2.05, 4.69) is 10.6 Å². The molecule has 0 spiro atoms. The molecule has 1 aliphatic carbocycles. The van der Waals surface area contributed by atoms with Gasteiger partial charge in [-0.05, 0) is 49.1 Å². The summed E-state index contributed by atoms with van der Waals surface area (Å²) in [6.45, 7) is 0. The molecule has 0 radical (unpaired) electrons. The van der Waals surface area contributed by atoms with E-state index in [-0.39, 0.29) is 23.7 Å². The fraction of sp³-hybridized carbons (Fsp3) is 0.263. The summed E-state index contributed by atoms with van der Waals surface area (Å²) in [6.07, 6.45) is 2.42. The van der Waals surface area contributed by atoms with E-state index < -0.39 is 16.8 Å². The third kappa shape index (κ3) is 5.04. The standard InChI is InChI=1S/C19H19N3O5/c23-18(24)10-3-12-1-5-15(6-2-12)21-19(25)13-4-9-16(20-14-7-8-14)17(11-13)22(26)27/h1-2,4-6,9,11,14,20H,3,7-8,10H2,(H,21,25)(H,23,24). The highest BCUT2D eigenvalue weighted by molar-refractivity contribution is 6.05. The number of nitro benzene ring substituents is 1. The molecule has 140 valence electrons. The molecule has 8 nitrogen and oxygen atoms in total. The molecule has 27 heavy (non-hydrogen) atoms. The van der Waals surface area contributed by atoms with Crippen LogP contribution in [0, 0.1) is 10.1 Å². The van der Waals surface area contributed by atoms with Crippen LogP contribution >= 0.6 is 0 Å². The molecule has 2 aromatic carbocycles. The predicted molar refractivity (Wildman–Crippen MR) is 100 cm³/mol. The Morgan fingerprint density at radius 3 is 2.44 bits per heavy atom. The number of carboxylic acids is 1. The summed E-state index contributed by atoms with van der Waals surface area (Å²) < 4.78 is 0. The fourth-order valence-electron chi connectivity index (χ4n) is 2.60. The third-order valence-electron chi connectivity index (χ3n) is 4.23. The van der Waals surface area contributed by atoms with E-state index in [4.69, 9.17) is 5.11 Å². The van der Waals surface area contributed by atoms with E-state index in [1.165, 1.54) is 6.07 Å². The first-order chi connectivity index (χ1) is 12.9. The molecule has 2 aromatic rings. The lowest BCUT2D eigenvalue weighted by molar-refractivity contribution is -0.384. The summed E-state index contributed by atoms with van der Waals surface area (Å²) in [5.41, 5.74) is 1.86. The quantitative estimate of drug-likeness (QED) is 0.484. The van der Waals surface area contributed by atoms with Crippen molar-refractivity contribution in [3.63, 3.8) is 0 Å². The smallest absolute Gasteiger partial charge is 0.303 e. The molecular weight excluding hydrogens is 350 g/mol. The number of amides is 1. The first kappa shape index (κ1) is 18.4. The van der Waals surface area contributed by atoms with Gasteiger partial charge in [-0.25, -0.2) is 0 Å². The second kappa shape index (κ2) is 7.86. The maximum Gasteiger partial charge on any atom is 0.303 e. The molecule has 0 atom stereocenters. The third-order valence-corrected chi connectivity index (χ3v) is 4.23. The van der Waals surface area contributed by atoms with Crippen LogP contribution in [-0.4, -0.2) is 27.9 Å². The summed E-state index contributed by atoms with van der Waals surface area (Å²) in [5, 5.41) is 25.8. The zero-order valence-corrected chi connectivity index (χ0v) is 14.5. The molecule has 1 amide bonds. The Hall–Kier alpha value is -3.42. The van der Waals surface area contributed by atoms with Crippen molar-refractivity contribution in [2.45, 2.75) is 31.7 Å². The van der Waals surface area contributed by atoms with Crippen molar-refractivity contribution in [2.24, 2.45) is 0 Å². The van der Waals surface area contributed by atoms with Crippen molar-refractivity contribution in [3.8, 4) is 0 Å². The van der Waals surface area contributed by atoms with Crippen LogP contribution in [0.25, 0.3) is 0 Å². The molecule has 1 fully saturated rings. The van der Waals surface area contributed by atoms with Gasteiger partial charge in [0.1, 0.15) is 5.69 Å². The monoisotopic (exact) mass is 369 g/mol. The SMILES string of the molecule is O=C(O)CCc1ccc(NC(=O)c2ccc(NC3CC3)c([N+](=O)[O-])c2)cc1. The lowest BCUT2D eigenvalue weighted by Crippen LogP contribution is -2.13. The predicted octanol–water partition coefficient (Wildman–Crippen LogP) is 3.44. The first-order valence-electron chi connectivity index (χ1n) is 8.59. The maximum atomic E-state index is 12.4. The van der Waals surface area contributed by atoms with E-state index in [0.717, 1.165) is 18.4 Å². The average molecular weight is 369 g/mol. The van der Waals surface area contributed by atoms with Gasteiger partial charge in [0.05, 0.1) is 4.92 Å². The lowest BCUT2D eigenvalue weighted by Gasteiger charge is -2.09. The largest absolute Gasteiger partial charge is 0.481 e. The van der Waals surface area contributed by atoms with Crippen LogP contribution < -0.4 is 10.6 Å². The number of hydrogen-bond donors (Lipinski definition) is 3. The molecule has 8 heteroatoms. The van der Waals surface area contributed by atoms with Gasteiger partial charge in [-0.2, -0.15) is 0 Å². The molecule has 0 bridgehead atoms. The molecule has 0 aromatic heterocycles. The van der Waals surface area contributed by atoms with Crippen molar-refractivity contribution >= 4 is 28.9 Å². The van der Waals surface area contributed by atoms with Crippen LogP contribution in [0.3, 0.4) is 0 Å². The Labute approximate surface area is 155 Å². The summed E-state index contributed by atoms with van der Waals surface area (Å²) in [6, 6.07) is 11.5. The Morgan fingerprint density at radius 1 is 1.15 bits per heavy atom. The molecule has 3 rings (SSSR count). The van der Waals surface area contributed by atoms with E-state index in [1.54, 1.807) is 36.4 Å². The van der Waals surface area contributed by atoms with Gasteiger partial charge in [0, 0.05) is 29.8 Å². The highest BCUT2D eigenvalue weighted by Crippen LogP contribution is 2.31. The van der Waals surface area contributed by atoms with Crippen LogP contribution in [-0.2, 0) is 11.2 Å². The molecular formula is C19H19N3O5. The van der Waals surface area contributed by atoms with Gasteiger partial charge < -0.3 is 15.7 Å². The Kier molecular flexibility index (Phi) is 5.35. The molecule has 1 aliphatic rings. The second-order valence-corrected chi connectivity index (χ2v) is 6.45. The Balaban J connectivity index is 1.69. The second-order valence-electron chi connectivity index (χ2n) is 6.45. The molecule has 0 aliphatic heterocycles. The number of nitrogens with one attached hydrogen (secondary N) is 2. The van der Waals surface area contributed by atoms with Gasteiger partial charge in [-0.15, -0.1) is 0 Å². The van der Waals surface area contributed by atoms with Gasteiger partial charge in [0.15, 0.2) is 0 Å². The summed E-state index contributed by atoms with van der Waals surface area (Å²) in [4.78, 5) is 33.8. The summed E-state index contributed by atoms with van der Waals surface area (Å²) >= 11 is 0. The van der Waals surface area contributed by atoms with Crippen LogP contribution in [0.15, 0.2) is 42.5 Å². The maximum absolute atomic E-state index is 12.4. The molecule has 0 saturated heterocycles. The van der Waals surface area contributed by atoms with Crippen LogP contribution in [0.1, 0.15) is 35.2 Å². The van der Waals surface area contributed by atoms with Crippen molar-refractivity contribution in [1.29, 1.82) is 0 Å². The Bertz CT molecular complexity index is 875. The minimum atomic E-state index is -0.867. The first-order valence-corrected chi connectivity index (χ1v) is 8.59. The minimum absolute atomic E-state index is 0.0383. The van der Waals surface area contributed by atoms with E-state index in [0.29, 0.717) is 17.8 Å². The molecule has 0 unspecified atom stereocenters. The van der Waals surface area contributed by atoms with Crippen molar-refractivity contribution in [3.05, 3.63) is 63.7 Å². The van der Waals surface area contributed by atoms with E-state index in [9.17, 15) is 19.7 Å². The molecule has 3 N–H and O–H groups in total. The highest BCUT2D eigenvalue weighted by Gasteiger charge is 2.25.